The molecule has 1 aromatic rings. The summed E-state index contributed by atoms with van der Waals surface area (Å²) in [7, 11) is 0. The van der Waals surface area contributed by atoms with E-state index in [-0.39, 0.29) is 0 Å². The molecule has 2 heterocycles. The second-order valence-electron chi connectivity index (χ2n) is 4.09. The third-order valence-corrected chi connectivity index (χ3v) is 2.30. The second kappa shape index (κ2) is 3.33. The molecule has 5 heteroatoms. The van der Waals surface area contributed by atoms with Crippen LogP contribution >= 0.6 is 0 Å². The lowest BCUT2D eigenvalue weighted by Gasteiger charge is -2.43. The molecule has 0 bridgehead atoms. The van der Waals surface area contributed by atoms with Crippen LogP contribution in [0.1, 0.15) is 25.6 Å². The van der Waals surface area contributed by atoms with Crippen molar-refractivity contribution in [2.45, 2.75) is 32.4 Å². The van der Waals surface area contributed by atoms with Gasteiger partial charge in [0.2, 0.25) is 11.8 Å². The molecule has 0 atom stereocenters. The van der Waals surface area contributed by atoms with Crippen LogP contribution in [0.2, 0.25) is 0 Å². The Bertz CT molecular complexity index is 314. The van der Waals surface area contributed by atoms with Gasteiger partial charge in [-0.15, -0.1) is 10.2 Å². The molecule has 1 aliphatic rings. The van der Waals surface area contributed by atoms with Crippen LogP contribution in [-0.2, 0) is 13.0 Å². The largest absolute Gasteiger partial charge is 0.424 e. The van der Waals surface area contributed by atoms with Gasteiger partial charge in [0, 0.05) is 19.5 Å². The fourth-order valence-corrected chi connectivity index (χ4v) is 1.72. The predicted molar refractivity (Wildman–Crippen MR) is 49.6 cm³/mol. The highest BCUT2D eigenvalue weighted by molar-refractivity contribution is 4.93. The van der Waals surface area contributed by atoms with Gasteiger partial charge in [-0.25, -0.2) is 0 Å². The summed E-state index contributed by atoms with van der Waals surface area (Å²) in [6.45, 7) is 5.80. The van der Waals surface area contributed by atoms with Crippen molar-refractivity contribution in [1.82, 2.24) is 15.1 Å². The lowest BCUT2D eigenvalue weighted by atomic mass is 9.97. The normalized spacial score (nSPS) is 20.8. The molecule has 2 rings (SSSR count). The monoisotopic (exact) mass is 197 g/mol. The maximum atomic E-state index is 9.50. The Hall–Kier alpha value is -0.940. The molecule has 0 aliphatic carbocycles. The number of likely N-dealkylation sites (tertiary alicyclic amines) is 1. The Morgan fingerprint density at radius 2 is 2.07 bits per heavy atom. The Morgan fingerprint density at radius 1 is 1.43 bits per heavy atom. The van der Waals surface area contributed by atoms with Crippen molar-refractivity contribution in [1.29, 1.82) is 0 Å². The van der Waals surface area contributed by atoms with Crippen molar-refractivity contribution in [3.8, 4) is 0 Å². The van der Waals surface area contributed by atoms with E-state index in [2.05, 4.69) is 15.1 Å². The van der Waals surface area contributed by atoms with Gasteiger partial charge in [0.1, 0.15) is 0 Å². The lowest BCUT2D eigenvalue weighted by Crippen LogP contribution is -2.59. The van der Waals surface area contributed by atoms with Crippen LogP contribution in [0.3, 0.4) is 0 Å². The SMILES string of the molecule is CCc1nnc(CN2CC(C)(O)C2)o1. The summed E-state index contributed by atoms with van der Waals surface area (Å²) in [5.74, 6) is 1.31. The molecule has 0 aromatic carbocycles. The van der Waals surface area contributed by atoms with E-state index in [0.29, 0.717) is 31.4 Å². The molecule has 5 nitrogen and oxygen atoms in total. The fourth-order valence-electron chi connectivity index (χ4n) is 1.72. The molecule has 78 valence electrons. The van der Waals surface area contributed by atoms with E-state index in [1.165, 1.54) is 0 Å². The zero-order chi connectivity index (χ0) is 10.2. The van der Waals surface area contributed by atoms with Crippen LogP contribution in [0.25, 0.3) is 0 Å². The number of β-amino-alcohol motifs (C(OH)–C–C–N with tert-alkyl or cyclic N) is 1. The number of hydrogen-bond acceptors (Lipinski definition) is 5. The second-order valence-corrected chi connectivity index (χ2v) is 4.09. The van der Waals surface area contributed by atoms with Crippen LogP contribution in [0, 0.1) is 0 Å². The number of aliphatic hydroxyl groups is 1. The highest BCUT2D eigenvalue weighted by atomic mass is 16.4. The molecular formula is C9H15N3O2. The topological polar surface area (TPSA) is 62.4 Å². The van der Waals surface area contributed by atoms with Gasteiger partial charge < -0.3 is 9.52 Å². The molecular weight excluding hydrogens is 182 g/mol. The van der Waals surface area contributed by atoms with Gasteiger partial charge in [0.15, 0.2) is 0 Å². The van der Waals surface area contributed by atoms with Crippen LogP contribution in [0.5, 0.6) is 0 Å². The fraction of sp³-hybridized carbons (Fsp3) is 0.778. The van der Waals surface area contributed by atoms with E-state index < -0.39 is 5.60 Å². The summed E-state index contributed by atoms with van der Waals surface area (Å²) in [6.07, 6.45) is 0.769. The number of aryl methyl sites for hydroxylation is 1. The lowest BCUT2D eigenvalue weighted by molar-refractivity contribution is -0.0897. The first kappa shape index (κ1) is 9.61. The Labute approximate surface area is 82.7 Å². The first-order valence-corrected chi connectivity index (χ1v) is 4.85. The van der Waals surface area contributed by atoms with Gasteiger partial charge in [-0.3, -0.25) is 4.90 Å². The molecule has 0 unspecified atom stereocenters. The number of hydrogen-bond donors (Lipinski definition) is 1. The van der Waals surface area contributed by atoms with E-state index in [1.54, 1.807) is 0 Å². The van der Waals surface area contributed by atoms with Gasteiger partial charge in [-0.2, -0.15) is 0 Å². The van der Waals surface area contributed by atoms with Crippen molar-refractivity contribution in [2.75, 3.05) is 13.1 Å². The number of rotatable bonds is 3. The average Bonchev–Trinajstić information content (AvgIpc) is 2.49. The zero-order valence-electron chi connectivity index (χ0n) is 8.53. The van der Waals surface area contributed by atoms with Crippen LogP contribution in [-0.4, -0.2) is 38.9 Å². The maximum absolute atomic E-state index is 9.50. The highest BCUT2D eigenvalue weighted by Gasteiger charge is 2.36. The summed E-state index contributed by atoms with van der Waals surface area (Å²) in [5.41, 5.74) is -0.534. The van der Waals surface area contributed by atoms with Crippen molar-refractivity contribution >= 4 is 0 Å². The first-order chi connectivity index (χ1) is 6.59. The molecule has 1 fully saturated rings. The Balaban J connectivity index is 1.87. The summed E-state index contributed by atoms with van der Waals surface area (Å²) >= 11 is 0. The van der Waals surface area contributed by atoms with Crippen molar-refractivity contribution in [2.24, 2.45) is 0 Å². The van der Waals surface area contributed by atoms with Gasteiger partial charge in [0.25, 0.3) is 0 Å². The van der Waals surface area contributed by atoms with Crippen LogP contribution in [0.4, 0.5) is 0 Å². The third-order valence-electron chi connectivity index (χ3n) is 2.30. The van der Waals surface area contributed by atoms with Crippen molar-refractivity contribution in [3.05, 3.63) is 11.8 Å². The van der Waals surface area contributed by atoms with E-state index in [0.717, 1.165) is 6.42 Å². The number of nitrogens with zero attached hydrogens (tertiary/aromatic N) is 3. The standard InChI is InChI=1S/C9H15N3O2/c1-3-7-10-11-8(14-7)4-12-5-9(2,13)6-12/h13H,3-6H2,1-2H3. The molecule has 1 saturated heterocycles. The summed E-state index contributed by atoms with van der Waals surface area (Å²) in [4.78, 5) is 2.08. The predicted octanol–water partition coefficient (Wildman–Crippen LogP) is 0.199. The minimum absolute atomic E-state index is 0.534. The van der Waals surface area contributed by atoms with Gasteiger partial charge in [0.05, 0.1) is 12.1 Å². The minimum atomic E-state index is -0.534. The summed E-state index contributed by atoms with van der Waals surface area (Å²) < 4.78 is 5.36. The van der Waals surface area contributed by atoms with Gasteiger partial charge in [-0.1, -0.05) is 6.92 Å². The highest BCUT2D eigenvalue weighted by Crippen LogP contribution is 2.21. The quantitative estimate of drug-likeness (QED) is 0.750. The minimum Gasteiger partial charge on any atom is -0.424 e. The van der Waals surface area contributed by atoms with Crippen LogP contribution in [0.15, 0.2) is 4.42 Å². The van der Waals surface area contributed by atoms with Crippen molar-refractivity contribution < 1.29 is 9.52 Å². The van der Waals surface area contributed by atoms with E-state index >= 15 is 0 Å². The molecule has 0 radical (unpaired) electrons. The summed E-state index contributed by atoms with van der Waals surface area (Å²) in [5, 5.41) is 17.3. The molecule has 0 amide bonds. The van der Waals surface area contributed by atoms with Gasteiger partial charge >= 0.3 is 0 Å². The van der Waals surface area contributed by atoms with E-state index in [4.69, 9.17) is 4.42 Å². The number of aromatic nitrogens is 2. The molecule has 1 N–H and O–H groups in total. The van der Waals surface area contributed by atoms with E-state index in [9.17, 15) is 5.11 Å². The first-order valence-electron chi connectivity index (χ1n) is 4.85. The third kappa shape index (κ3) is 1.93. The molecule has 1 aromatic heterocycles. The molecule has 1 aliphatic heterocycles. The Kier molecular flexibility index (Phi) is 2.28. The average molecular weight is 197 g/mol. The smallest absolute Gasteiger partial charge is 0.230 e. The van der Waals surface area contributed by atoms with E-state index in [1.807, 2.05) is 13.8 Å². The Morgan fingerprint density at radius 3 is 2.57 bits per heavy atom. The van der Waals surface area contributed by atoms with Gasteiger partial charge in [-0.05, 0) is 6.92 Å². The maximum Gasteiger partial charge on any atom is 0.230 e. The molecule has 14 heavy (non-hydrogen) atoms. The summed E-state index contributed by atoms with van der Waals surface area (Å²) in [6, 6.07) is 0. The van der Waals surface area contributed by atoms with Crippen LogP contribution < -0.4 is 0 Å². The zero-order valence-corrected chi connectivity index (χ0v) is 8.53. The van der Waals surface area contributed by atoms with Crippen molar-refractivity contribution in [3.63, 3.8) is 0 Å². The molecule has 0 spiro atoms. The molecule has 0 saturated carbocycles.